The van der Waals surface area contributed by atoms with Crippen LogP contribution in [0.4, 0.5) is 0 Å². The second kappa shape index (κ2) is 8.26. The first-order valence-corrected chi connectivity index (χ1v) is 12.5. The summed E-state index contributed by atoms with van der Waals surface area (Å²) >= 11 is 0. The molecule has 188 valence electrons. The molecular weight excluding hydrogens is 440 g/mol. The molecule has 5 heteroatoms. The van der Waals surface area contributed by atoms with Gasteiger partial charge in [-0.15, -0.1) is 0 Å². The van der Waals surface area contributed by atoms with E-state index in [1.807, 2.05) is 71.0 Å². The molecule has 1 aromatic rings. The van der Waals surface area contributed by atoms with Gasteiger partial charge in [-0.05, 0) is 56.9 Å². The SMILES string of the molecule is C=C(C)[C@H]1C[C@@H]2C[C@@]3(CC=C(C)C)C(=O)[C@]([C@H](CC(=O)OC)c4ccccc4)(C(=O)[C@@]13O)C2(C)C. The summed E-state index contributed by atoms with van der Waals surface area (Å²) in [6.45, 7) is 13.9. The van der Waals surface area contributed by atoms with Crippen molar-refractivity contribution in [1.82, 2.24) is 0 Å². The number of methoxy groups -OCH3 is 1. The first kappa shape index (κ1) is 25.6. The summed E-state index contributed by atoms with van der Waals surface area (Å²) < 4.78 is 5.05. The zero-order valence-electron chi connectivity index (χ0n) is 21.8. The third-order valence-corrected chi connectivity index (χ3v) is 9.66. The minimum atomic E-state index is -1.87. The van der Waals surface area contributed by atoms with Crippen molar-refractivity contribution in [1.29, 1.82) is 0 Å². The summed E-state index contributed by atoms with van der Waals surface area (Å²) in [6.07, 6.45) is 3.21. The van der Waals surface area contributed by atoms with Crippen LogP contribution in [0, 0.1) is 28.1 Å². The number of benzene rings is 1. The van der Waals surface area contributed by atoms with E-state index in [-0.39, 0.29) is 18.1 Å². The van der Waals surface area contributed by atoms with E-state index in [4.69, 9.17) is 4.74 Å². The van der Waals surface area contributed by atoms with Crippen LogP contribution in [0.2, 0.25) is 0 Å². The van der Waals surface area contributed by atoms with Gasteiger partial charge in [0.25, 0.3) is 0 Å². The van der Waals surface area contributed by atoms with Crippen molar-refractivity contribution in [2.75, 3.05) is 7.11 Å². The van der Waals surface area contributed by atoms with Gasteiger partial charge in [-0.25, -0.2) is 0 Å². The lowest BCUT2D eigenvalue weighted by Gasteiger charge is -2.59. The number of carbonyl (C=O) groups excluding carboxylic acids is 3. The van der Waals surface area contributed by atoms with Crippen molar-refractivity contribution in [3.05, 3.63) is 59.7 Å². The number of ether oxygens (including phenoxy) is 1. The van der Waals surface area contributed by atoms with Crippen LogP contribution >= 0.6 is 0 Å². The summed E-state index contributed by atoms with van der Waals surface area (Å²) in [5.41, 5.74) is -2.96. The topological polar surface area (TPSA) is 80.7 Å². The number of rotatable bonds is 7. The van der Waals surface area contributed by atoms with E-state index in [1.54, 1.807) is 0 Å². The Bertz CT molecular complexity index is 1110. The van der Waals surface area contributed by atoms with Gasteiger partial charge in [0.15, 0.2) is 11.6 Å². The quantitative estimate of drug-likeness (QED) is 0.331. The minimum Gasteiger partial charge on any atom is -0.469 e. The molecule has 0 radical (unpaired) electrons. The van der Waals surface area contributed by atoms with Gasteiger partial charge in [-0.3, -0.25) is 14.4 Å². The largest absolute Gasteiger partial charge is 0.469 e. The first-order valence-electron chi connectivity index (χ1n) is 12.5. The summed E-state index contributed by atoms with van der Waals surface area (Å²) in [5, 5.41) is 12.5. The molecule has 0 unspecified atom stereocenters. The zero-order valence-corrected chi connectivity index (χ0v) is 21.8. The van der Waals surface area contributed by atoms with E-state index < -0.39 is 45.4 Å². The van der Waals surface area contributed by atoms with E-state index in [9.17, 15) is 19.5 Å². The van der Waals surface area contributed by atoms with Crippen LogP contribution in [0.15, 0.2) is 54.1 Å². The maximum Gasteiger partial charge on any atom is 0.306 e. The third-order valence-electron chi connectivity index (χ3n) is 9.66. The summed E-state index contributed by atoms with van der Waals surface area (Å²) in [4.78, 5) is 42.5. The standard InChI is InChI=1S/C30H38O5/c1-18(2)13-14-28-17-21-15-22(19(3)4)30(28,34)26(33)29(25(28)32,27(21,5)6)23(16-24(31)35-7)20-11-9-8-10-12-20/h8-13,21-23,34H,3,14-17H2,1-2,4-7H3/t21-,22-,23-,28+,29-,30+/m1/s1. The monoisotopic (exact) mass is 478 g/mol. The Hall–Kier alpha value is -2.53. The van der Waals surface area contributed by atoms with Crippen molar-refractivity contribution in [2.24, 2.45) is 28.1 Å². The number of allylic oxidation sites excluding steroid dienone is 2. The molecule has 5 nitrogen and oxygen atoms in total. The van der Waals surface area contributed by atoms with Crippen LogP contribution in [0.1, 0.15) is 71.8 Å². The van der Waals surface area contributed by atoms with E-state index in [0.29, 0.717) is 19.3 Å². The molecule has 0 amide bonds. The molecule has 4 rings (SSSR count). The molecule has 0 aromatic heterocycles. The van der Waals surface area contributed by atoms with Crippen LogP contribution in [0.5, 0.6) is 0 Å². The van der Waals surface area contributed by atoms with Crippen molar-refractivity contribution >= 4 is 17.5 Å². The fraction of sp³-hybridized carbons (Fsp3) is 0.567. The maximum atomic E-state index is 14.9. The van der Waals surface area contributed by atoms with Gasteiger partial charge in [-0.2, -0.15) is 0 Å². The fourth-order valence-corrected chi connectivity index (χ4v) is 7.82. The second-order valence-electron chi connectivity index (χ2n) is 11.8. The van der Waals surface area contributed by atoms with Crippen LogP contribution in [-0.4, -0.2) is 35.4 Å². The van der Waals surface area contributed by atoms with Crippen molar-refractivity contribution in [3.8, 4) is 0 Å². The van der Waals surface area contributed by atoms with E-state index >= 15 is 0 Å². The molecule has 35 heavy (non-hydrogen) atoms. The fourth-order valence-electron chi connectivity index (χ4n) is 7.82. The van der Waals surface area contributed by atoms with Crippen LogP contribution in [0.3, 0.4) is 0 Å². The molecule has 1 N–H and O–H groups in total. The predicted octanol–water partition coefficient (Wildman–Crippen LogP) is 5.19. The van der Waals surface area contributed by atoms with E-state index in [0.717, 1.165) is 16.7 Å². The van der Waals surface area contributed by atoms with Crippen molar-refractivity contribution in [3.63, 3.8) is 0 Å². The van der Waals surface area contributed by atoms with Gasteiger partial charge in [0.2, 0.25) is 0 Å². The molecular formula is C30H38O5. The Morgan fingerprint density at radius 2 is 1.80 bits per heavy atom. The molecule has 3 fully saturated rings. The number of hydrogen-bond acceptors (Lipinski definition) is 5. The number of fused-ring (bicyclic) bond motifs is 2. The molecule has 3 aliphatic rings. The summed E-state index contributed by atoms with van der Waals surface area (Å²) in [5.74, 6) is -2.39. The minimum absolute atomic E-state index is 0.00282. The van der Waals surface area contributed by atoms with Gasteiger partial charge in [-0.1, -0.05) is 68.0 Å². The van der Waals surface area contributed by atoms with Gasteiger partial charge < -0.3 is 9.84 Å². The highest BCUT2D eigenvalue weighted by molar-refractivity contribution is 6.23. The van der Waals surface area contributed by atoms with Gasteiger partial charge in [0, 0.05) is 11.8 Å². The molecule has 1 aromatic carbocycles. The number of carbonyl (C=O) groups is 3. The summed E-state index contributed by atoms with van der Waals surface area (Å²) in [6, 6.07) is 9.31. The summed E-state index contributed by atoms with van der Waals surface area (Å²) in [7, 11) is 1.32. The number of Topliss-reactive ketones (excluding diaryl/α,β-unsaturated/α-hetero) is 2. The molecule has 0 spiro atoms. The van der Waals surface area contributed by atoms with Crippen molar-refractivity contribution in [2.45, 2.75) is 71.8 Å². The normalized spacial score (nSPS) is 35.5. The van der Waals surface area contributed by atoms with Gasteiger partial charge in [0.1, 0.15) is 11.0 Å². The highest BCUT2D eigenvalue weighted by atomic mass is 16.5. The average Bonchev–Trinajstić information content (AvgIpc) is 2.90. The highest BCUT2D eigenvalue weighted by Crippen LogP contribution is 2.77. The molecule has 3 aliphatic carbocycles. The Morgan fingerprint density at radius 1 is 1.17 bits per heavy atom. The Labute approximate surface area is 208 Å². The smallest absolute Gasteiger partial charge is 0.306 e. The van der Waals surface area contributed by atoms with E-state index in [2.05, 4.69) is 6.58 Å². The molecule has 6 atom stereocenters. The average molecular weight is 479 g/mol. The lowest BCUT2D eigenvalue weighted by molar-refractivity contribution is -0.178. The Morgan fingerprint density at radius 3 is 2.34 bits per heavy atom. The number of ketones is 2. The molecule has 0 heterocycles. The van der Waals surface area contributed by atoms with Crippen molar-refractivity contribution < 1.29 is 24.2 Å². The van der Waals surface area contributed by atoms with E-state index in [1.165, 1.54) is 7.11 Å². The predicted molar refractivity (Wildman–Crippen MR) is 135 cm³/mol. The maximum absolute atomic E-state index is 14.9. The van der Waals surface area contributed by atoms with Crippen LogP contribution < -0.4 is 0 Å². The number of esters is 1. The number of hydrogen-bond donors (Lipinski definition) is 1. The van der Waals surface area contributed by atoms with Gasteiger partial charge >= 0.3 is 5.97 Å². The molecule has 0 saturated heterocycles. The third kappa shape index (κ3) is 3.06. The Balaban J connectivity index is 2.08. The first-order chi connectivity index (χ1) is 16.3. The molecule has 3 saturated carbocycles. The second-order valence-corrected chi connectivity index (χ2v) is 11.8. The Kier molecular flexibility index (Phi) is 6.03. The van der Waals surface area contributed by atoms with Crippen LogP contribution in [-0.2, 0) is 19.1 Å². The van der Waals surface area contributed by atoms with Crippen LogP contribution in [0.25, 0.3) is 0 Å². The highest BCUT2D eigenvalue weighted by Gasteiger charge is 2.87. The molecule has 0 aliphatic heterocycles. The lowest BCUT2D eigenvalue weighted by atomic mass is 9.42. The zero-order chi connectivity index (χ0) is 26.0. The number of aliphatic hydroxyl groups is 1. The van der Waals surface area contributed by atoms with Gasteiger partial charge in [0.05, 0.1) is 18.9 Å². The molecule has 3 bridgehead atoms. The lowest BCUT2D eigenvalue weighted by Crippen LogP contribution is -2.63.